The van der Waals surface area contributed by atoms with Gasteiger partial charge in [0.05, 0.1) is 5.69 Å². The molecule has 0 fully saturated rings. The molecule has 4 rings (SSSR count). The van der Waals surface area contributed by atoms with Gasteiger partial charge in [0.2, 0.25) is 5.91 Å². The normalized spacial score (nSPS) is 11.1. The Balaban J connectivity index is 1.48. The van der Waals surface area contributed by atoms with Crippen LogP contribution < -0.4 is 5.32 Å². The van der Waals surface area contributed by atoms with Crippen molar-refractivity contribution in [2.75, 3.05) is 5.32 Å². The number of thiazole rings is 1. The molecule has 142 valence electrons. The molecular formula is C21H17ClFN3OS. The van der Waals surface area contributed by atoms with E-state index in [9.17, 15) is 9.18 Å². The number of aromatic nitrogens is 2. The third-order valence-electron chi connectivity index (χ3n) is 4.52. The van der Waals surface area contributed by atoms with Gasteiger partial charge in [-0.25, -0.2) is 9.37 Å². The molecule has 0 spiro atoms. The molecule has 7 heteroatoms. The van der Waals surface area contributed by atoms with Crippen LogP contribution in [-0.4, -0.2) is 15.3 Å². The smallest absolute Gasteiger partial charge is 0.224 e. The molecule has 0 unspecified atom stereocenters. The van der Waals surface area contributed by atoms with Crippen LogP contribution >= 0.6 is 22.9 Å². The van der Waals surface area contributed by atoms with Gasteiger partial charge < -0.3 is 5.32 Å². The van der Waals surface area contributed by atoms with Gasteiger partial charge in [0.25, 0.3) is 0 Å². The summed E-state index contributed by atoms with van der Waals surface area (Å²) in [5.41, 5.74) is 3.70. The van der Waals surface area contributed by atoms with E-state index < -0.39 is 0 Å². The topological polar surface area (TPSA) is 46.4 Å². The van der Waals surface area contributed by atoms with Gasteiger partial charge in [0.15, 0.2) is 4.96 Å². The zero-order chi connectivity index (χ0) is 19.7. The summed E-state index contributed by atoms with van der Waals surface area (Å²) >= 11 is 7.48. The largest absolute Gasteiger partial charge is 0.326 e. The summed E-state index contributed by atoms with van der Waals surface area (Å²) in [4.78, 5) is 17.6. The van der Waals surface area contributed by atoms with Gasteiger partial charge in [-0.2, -0.15) is 0 Å². The zero-order valence-corrected chi connectivity index (χ0v) is 16.6. The summed E-state index contributed by atoms with van der Waals surface area (Å²) in [5.74, 6) is -0.384. The van der Waals surface area contributed by atoms with E-state index in [0.29, 0.717) is 29.1 Å². The van der Waals surface area contributed by atoms with Crippen LogP contribution in [-0.2, 0) is 11.2 Å². The maximum Gasteiger partial charge on any atom is 0.224 e. The number of amides is 1. The minimum absolute atomic E-state index is 0.0841. The molecule has 2 aromatic carbocycles. The Morgan fingerprint density at radius 3 is 2.93 bits per heavy atom. The molecule has 0 saturated heterocycles. The Labute approximate surface area is 170 Å². The van der Waals surface area contributed by atoms with Crippen LogP contribution in [0.2, 0.25) is 5.02 Å². The highest BCUT2D eigenvalue weighted by Crippen LogP contribution is 2.26. The molecular weight excluding hydrogens is 397 g/mol. The van der Waals surface area contributed by atoms with Crippen molar-refractivity contribution in [3.05, 3.63) is 76.1 Å². The number of aryl methyl sites for hydroxylation is 2. The fourth-order valence-electron chi connectivity index (χ4n) is 2.99. The fourth-order valence-corrected chi connectivity index (χ4v) is 4.07. The third kappa shape index (κ3) is 3.79. The van der Waals surface area contributed by atoms with E-state index in [1.54, 1.807) is 30.3 Å². The van der Waals surface area contributed by atoms with Crippen LogP contribution in [0.5, 0.6) is 0 Å². The van der Waals surface area contributed by atoms with Crippen LogP contribution in [0.3, 0.4) is 0 Å². The van der Waals surface area contributed by atoms with Crippen LogP contribution in [0.1, 0.15) is 17.7 Å². The maximum absolute atomic E-state index is 14.0. The first-order valence-electron chi connectivity index (χ1n) is 8.77. The molecule has 2 aromatic heterocycles. The lowest BCUT2D eigenvalue weighted by molar-refractivity contribution is -0.116. The summed E-state index contributed by atoms with van der Waals surface area (Å²) in [6.07, 6.45) is 2.70. The quantitative estimate of drug-likeness (QED) is 0.453. The highest BCUT2D eigenvalue weighted by molar-refractivity contribution is 7.15. The predicted octanol–water partition coefficient (Wildman–Crippen LogP) is 5.74. The number of rotatable bonds is 5. The number of halogens is 2. The van der Waals surface area contributed by atoms with Gasteiger partial charge in [-0.15, -0.1) is 11.3 Å². The predicted molar refractivity (Wildman–Crippen MR) is 112 cm³/mol. The number of carbonyl (C=O) groups excluding carboxylic acids is 1. The Hall–Kier alpha value is -2.70. The number of carbonyl (C=O) groups is 1. The molecule has 4 nitrogen and oxygen atoms in total. The number of imidazole rings is 1. The lowest BCUT2D eigenvalue weighted by atomic mass is 10.1. The second-order valence-electron chi connectivity index (χ2n) is 6.49. The monoisotopic (exact) mass is 413 g/mol. The van der Waals surface area contributed by atoms with E-state index in [4.69, 9.17) is 11.6 Å². The third-order valence-corrected chi connectivity index (χ3v) is 5.64. The molecule has 0 aliphatic carbocycles. The van der Waals surface area contributed by atoms with E-state index in [-0.39, 0.29) is 11.7 Å². The van der Waals surface area contributed by atoms with E-state index in [2.05, 4.69) is 10.3 Å². The number of nitrogens with zero attached hydrogens (tertiary/aromatic N) is 2. The fraction of sp³-hybridized carbons (Fsp3) is 0.143. The molecule has 28 heavy (non-hydrogen) atoms. The van der Waals surface area contributed by atoms with Gasteiger partial charge >= 0.3 is 0 Å². The van der Waals surface area contributed by atoms with E-state index in [1.165, 1.54) is 17.4 Å². The summed E-state index contributed by atoms with van der Waals surface area (Å²) in [6, 6.07) is 12.0. The van der Waals surface area contributed by atoms with Crippen molar-refractivity contribution in [2.45, 2.75) is 19.8 Å². The van der Waals surface area contributed by atoms with Crippen molar-refractivity contribution < 1.29 is 9.18 Å². The lowest BCUT2D eigenvalue weighted by Crippen LogP contribution is -2.13. The maximum atomic E-state index is 14.0. The number of fused-ring (bicyclic) bond motifs is 1. The summed E-state index contributed by atoms with van der Waals surface area (Å²) in [5, 5.41) is 5.47. The Morgan fingerprint density at radius 2 is 2.11 bits per heavy atom. The van der Waals surface area contributed by atoms with Gasteiger partial charge in [-0.1, -0.05) is 29.8 Å². The van der Waals surface area contributed by atoms with Crippen LogP contribution in [0.4, 0.5) is 10.1 Å². The second-order valence-corrected chi connectivity index (χ2v) is 7.77. The lowest BCUT2D eigenvalue weighted by Gasteiger charge is -2.08. The van der Waals surface area contributed by atoms with Crippen molar-refractivity contribution in [2.24, 2.45) is 0 Å². The average molecular weight is 414 g/mol. The molecule has 0 aliphatic heterocycles. The molecule has 0 atom stereocenters. The summed E-state index contributed by atoms with van der Waals surface area (Å²) in [7, 11) is 0. The average Bonchev–Trinajstić information content (AvgIpc) is 3.24. The Morgan fingerprint density at radius 1 is 1.29 bits per heavy atom. The first kappa shape index (κ1) is 18.7. The molecule has 0 radical (unpaired) electrons. The van der Waals surface area contributed by atoms with Crippen LogP contribution in [0.15, 0.2) is 54.0 Å². The van der Waals surface area contributed by atoms with Gasteiger partial charge in [-0.3, -0.25) is 9.20 Å². The summed E-state index contributed by atoms with van der Waals surface area (Å²) in [6.45, 7) is 1.92. The molecule has 2 heterocycles. The van der Waals surface area contributed by atoms with Gasteiger partial charge in [0, 0.05) is 40.0 Å². The molecule has 1 amide bonds. The molecule has 4 aromatic rings. The SMILES string of the molecule is Cc1ccc(Cl)cc1NC(=O)CCc1csc2nc(-c3ccccc3F)cn12. The number of hydrogen-bond donors (Lipinski definition) is 1. The zero-order valence-electron chi connectivity index (χ0n) is 15.1. The molecule has 0 aliphatic rings. The van der Waals surface area contributed by atoms with Crippen molar-refractivity contribution in [1.29, 1.82) is 0 Å². The first-order chi connectivity index (χ1) is 13.5. The van der Waals surface area contributed by atoms with Crippen molar-refractivity contribution in [3.63, 3.8) is 0 Å². The van der Waals surface area contributed by atoms with Crippen molar-refractivity contribution >= 4 is 39.5 Å². The molecule has 0 saturated carbocycles. The Kier molecular flexibility index (Phi) is 5.15. The van der Waals surface area contributed by atoms with Crippen LogP contribution in [0.25, 0.3) is 16.2 Å². The Bertz CT molecular complexity index is 1170. The van der Waals surface area contributed by atoms with Crippen molar-refractivity contribution in [3.8, 4) is 11.3 Å². The van der Waals surface area contributed by atoms with E-state index in [1.807, 2.05) is 29.0 Å². The van der Waals surface area contributed by atoms with E-state index >= 15 is 0 Å². The number of hydrogen-bond acceptors (Lipinski definition) is 3. The number of nitrogens with one attached hydrogen (secondary N) is 1. The highest BCUT2D eigenvalue weighted by Gasteiger charge is 2.13. The molecule has 1 N–H and O–H groups in total. The van der Waals surface area contributed by atoms with Gasteiger partial charge in [-0.05, 0) is 43.2 Å². The minimum Gasteiger partial charge on any atom is -0.326 e. The number of anilines is 1. The van der Waals surface area contributed by atoms with Gasteiger partial charge in [0.1, 0.15) is 5.82 Å². The standard InChI is InChI=1S/C21H17ClFN3OS/c1-13-6-7-14(22)10-18(13)24-20(27)9-8-15-12-28-21-25-19(11-26(15)21)16-4-2-3-5-17(16)23/h2-7,10-12H,8-9H2,1H3,(H,24,27). The highest BCUT2D eigenvalue weighted by atomic mass is 35.5. The minimum atomic E-state index is -0.300. The first-order valence-corrected chi connectivity index (χ1v) is 10.0. The summed E-state index contributed by atoms with van der Waals surface area (Å²) < 4.78 is 15.9. The van der Waals surface area contributed by atoms with Crippen LogP contribution in [0, 0.1) is 12.7 Å². The molecule has 0 bridgehead atoms. The second kappa shape index (κ2) is 7.73. The number of benzene rings is 2. The van der Waals surface area contributed by atoms with Crippen molar-refractivity contribution in [1.82, 2.24) is 9.38 Å². The van der Waals surface area contributed by atoms with E-state index in [0.717, 1.165) is 21.9 Å².